The molecule has 0 bridgehead atoms. The molecule has 0 fully saturated rings. The molecule has 3 rings (SSSR count). The molecule has 1 heterocycles. The Kier molecular flexibility index (Phi) is 3.02. The topological polar surface area (TPSA) is 72.4 Å². The molecular weight excluding hydrogens is 254 g/mol. The van der Waals surface area contributed by atoms with Crippen molar-refractivity contribution < 1.29 is 4.92 Å². The monoisotopic (exact) mass is 269 g/mol. The summed E-state index contributed by atoms with van der Waals surface area (Å²) in [7, 11) is 0. The van der Waals surface area contributed by atoms with E-state index in [1.54, 1.807) is 24.3 Å². The number of fused-ring (bicyclic) bond motifs is 1. The third kappa shape index (κ3) is 2.18. The van der Waals surface area contributed by atoms with Gasteiger partial charge in [-0.3, -0.25) is 10.1 Å². The molecule has 0 atom stereocenters. The van der Waals surface area contributed by atoms with Crippen molar-refractivity contribution in [3.05, 3.63) is 58.1 Å². The highest BCUT2D eigenvalue weighted by atomic mass is 16.6. The number of non-ortho nitro benzene ring substituents is 1. The predicted octanol–water partition coefficient (Wildman–Crippen LogP) is 3.26. The zero-order valence-electron chi connectivity index (χ0n) is 11.0. The summed E-state index contributed by atoms with van der Waals surface area (Å²) < 4.78 is 0. The van der Waals surface area contributed by atoms with Gasteiger partial charge in [0.05, 0.1) is 4.92 Å². The minimum atomic E-state index is -0.380. The van der Waals surface area contributed by atoms with Crippen LogP contribution in [0.5, 0.6) is 0 Å². The Morgan fingerprint density at radius 1 is 1.15 bits per heavy atom. The zero-order valence-corrected chi connectivity index (χ0v) is 11.0. The van der Waals surface area contributed by atoms with Crippen LogP contribution in [-0.2, 0) is 6.42 Å². The van der Waals surface area contributed by atoms with Crippen molar-refractivity contribution in [1.82, 2.24) is 0 Å². The number of hydrogen-bond acceptors (Lipinski definition) is 4. The van der Waals surface area contributed by atoms with E-state index in [2.05, 4.69) is 4.90 Å². The maximum Gasteiger partial charge on any atom is 0.269 e. The van der Waals surface area contributed by atoms with Gasteiger partial charge in [-0.25, -0.2) is 0 Å². The second-order valence-electron chi connectivity index (χ2n) is 4.92. The van der Waals surface area contributed by atoms with Crippen molar-refractivity contribution in [2.75, 3.05) is 17.2 Å². The van der Waals surface area contributed by atoms with Crippen LogP contribution in [0.4, 0.5) is 22.7 Å². The molecule has 1 aliphatic rings. The molecular formula is C15H15N3O2. The van der Waals surface area contributed by atoms with Crippen molar-refractivity contribution in [2.24, 2.45) is 0 Å². The Balaban J connectivity index is 1.98. The summed E-state index contributed by atoms with van der Waals surface area (Å²) in [5, 5.41) is 10.7. The van der Waals surface area contributed by atoms with Crippen LogP contribution in [0.2, 0.25) is 0 Å². The van der Waals surface area contributed by atoms with Crippen LogP contribution in [-0.4, -0.2) is 11.5 Å². The third-order valence-corrected chi connectivity index (χ3v) is 3.59. The largest absolute Gasteiger partial charge is 0.399 e. The minimum Gasteiger partial charge on any atom is -0.399 e. The van der Waals surface area contributed by atoms with E-state index in [-0.39, 0.29) is 10.6 Å². The molecule has 5 heteroatoms. The van der Waals surface area contributed by atoms with Crippen molar-refractivity contribution in [1.29, 1.82) is 0 Å². The number of nitrogens with zero attached hydrogens (tertiary/aromatic N) is 2. The number of aryl methyl sites for hydroxylation is 1. The minimum absolute atomic E-state index is 0.114. The number of hydrogen-bond donors (Lipinski definition) is 1. The summed E-state index contributed by atoms with van der Waals surface area (Å²) in [5.41, 5.74) is 10.1. The SMILES string of the molecule is Nc1ccc2c(c1)CCCN2c1ccc([N+](=O)[O-])cc1. The number of nitro benzene ring substituents is 1. The first kappa shape index (κ1) is 12.5. The van der Waals surface area contributed by atoms with Crippen LogP contribution < -0.4 is 10.6 Å². The van der Waals surface area contributed by atoms with Crippen molar-refractivity contribution in [2.45, 2.75) is 12.8 Å². The normalized spacial score (nSPS) is 13.9. The number of nitrogens with two attached hydrogens (primary N) is 1. The third-order valence-electron chi connectivity index (χ3n) is 3.59. The Bertz CT molecular complexity index is 653. The Morgan fingerprint density at radius 2 is 1.90 bits per heavy atom. The number of nitro groups is 1. The lowest BCUT2D eigenvalue weighted by molar-refractivity contribution is -0.384. The smallest absolute Gasteiger partial charge is 0.269 e. The van der Waals surface area contributed by atoms with E-state index in [1.165, 1.54) is 5.56 Å². The molecule has 20 heavy (non-hydrogen) atoms. The second kappa shape index (κ2) is 4.85. The highest BCUT2D eigenvalue weighted by Gasteiger charge is 2.18. The summed E-state index contributed by atoms with van der Waals surface area (Å²) in [5.74, 6) is 0. The van der Waals surface area contributed by atoms with Crippen LogP contribution in [0.1, 0.15) is 12.0 Å². The van der Waals surface area contributed by atoms with Crippen LogP contribution >= 0.6 is 0 Å². The van der Waals surface area contributed by atoms with E-state index in [0.29, 0.717) is 0 Å². The number of rotatable bonds is 2. The van der Waals surface area contributed by atoms with Gasteiger partial charge in [-0.2, -0.15) is 0 Å². The van der Waals surface area contributed by atoms with Gasteiger partial charge in [-0.15, -0.1) is 0 Å². The quantitative estimate of drug-likeness (QED) is 0.516. The van der Waals surface area contributed by atoms with Crippen LogP contribution in [0.15, 0.2) is 42.5 Å². The zero-order chi connectivity index (χ0) is 14.1. The van der Waals surface area contributed by atoms with Crippen molar-refractivity contribution >= 4 is 22.7 Å². The molecule has 0 unspecified atom stereocenters. The molecule has 0 radical (unpaired) electrons. The molecule has 2 N–H and O–H groups in total. The van der Waals surface area contributed by atoms with Gasteiger partial charge in [-0.1, -0.05) is 0 Å². The molecule has 0 aliphatic carbocycles. The van der Waals surface area contributed by atoms with Gasteiger partial charge in [0, 0.05) is 35.7 Å². The number of anilines is 3. The Labute approximate surface area is 116 Å². The maximum absolute atomic E-state index is 10.7. The van der Waals surface area contributed by atoms with E-state index in [4.69, 9.17) is 5.73 Å². The fraction of sp³-hybridized carbons (Fsp3) is 0.200. The van der Waals surface area contributed by atoms with E-state index >= 15 is 0 Å². The summed E-state index contributed by atoms with van der Waals surface area (Å²) >= 11 is 0. The average Bonchev–Trinajstić information content (AvgIpc) is 2.46. The van der Waals surface area contributed by atoms with Crippen molar-refractivity contribution in [3.63, 3.8) is 0 Å². The summed E-state index contributed by atoms with van der Waals surface area (Å²) in [6, 6.07) is 12.6. The molecule has 0 spiro atoms. The molecule has 0 saturated carbocycles. The van der Waals surface area contributed by atoms with Gasteiger partial charge in [0.25, 0.3) is 5.69 Å². The van der Waals surface area contributed by atoms with E-state index < -0.39 is 0 Å². The Hall–Kier alpha value is -2.56. The molecule has 0 amide bonds. The van der Waals surface area contributed by atoms with E-state index in [9.17, 15) is 10.1 Å². The fourth-order valence-corrected chi connectivity index (χ4v) is 2.64. The van der Waals surface area contributed by atoms with Gasteiger partial charge < -0.3 is 10.6 Å². The van der Waals surface area contributed by atoms with Gasteiger partial charge in [0.2, 0.25) is 0 Å². The number of nitrogen functional groups attached to an aromatic ring is 1. The first-order valence-corrected chi connectivity index (χ1v) is 6.55. The average molecular weight is 269 g/mol. The van der Waals surface area contributed by atoms with Crippen LogP contribution in [0.3, 0.4) is 0 Å². The Morgan fingerprint density at radius 3 is 2.60 bits per heavy atom. The highest BCUT2D eigenvalue weighted by molar-refractivity contribution is 5.70. The van der Waals surface area contributed by atoms with Gasteiger partial charge >= 0.3 is 0 Å². The number of benzene rings is 2. The lowest BCUT2D eigenvalue weighted by atomic mass is 10.0. The first-order valence-electron chi connectivity index (χ1n) is 6.55. The second-order valence-corrected chi connectivity index (χ2v) is 4.92. The maximum atomic E-state index is 10.7. The predicted molar refractivity (Wildman–Crippen MR) is 79.3 cm³/mol. The van der Waals surface area contributed by atoms with E-state index in [0.717, 1.165) is 36.4 Å². The fourth-order valence-electron chi connectivity index (χ4n) is 2.64. The van der Waals surface area contributed by atoms with Crippen LogP contribution in [0, 0.1) is 10.1 Å². The van der Waals surface area contributed by atoms with Crippen LogP contribution in [0.25, 0.3) is 0 Å². The molecule has 0 aromatic heterocycles. The first-order chi connectivity index (χ1) is 9.65. The van der Waals surface area contributed by atoms with Gasteiger partial charge in [-0.05, 0) is 48.7 Å². The highest BCUT2D eigenvalue weighted by Crippen LogP contribution is 2.35. The molecule has 1 aliphatic heterocycles. The van der Waals surface area contributed by atoms with Gasteiger partial charge in [0.15, 0.2) is 0 Å². The van der Waals surface area contributed by atoms with Crippen molar-refractivity contribution in [3.8, 4) is 0 Å². The molecule has 2 aromatic rings. The lowest BCUT2D eigenvalue weighted by Crippen LogP contribution is -2.24. The van der Waals surface area contributed by atoms with E-state index in [1.807, 2.05) is 18.2 Å². The molecule has 0 saturated heterocycles. The summed E-state index contributed by atoms with van der Waals surface area (Å²) in [6.07, 6.45) is 2.07. The summed E-state index contributed by atoms with van der Waals surface area (Å²) in [4.78, 5) is 12.5. The lowest BCUT2D eigenvalue weighted by Gasteiger charge is -2.31. The summed E-state index contributed by atoms with van der Waals surface area (Å²) in [6.45, 7) is 0.911. The van der Waals surface area contributed by atoms with Gasteiger partial charge in [0.1, 0.15) is 0 Å². The molecule has 5 nitrogen and oxygen atoms in total. The molecule has 102 valence electrons. The standard InChI is InChI=1S/C15H15N3O2/c16-12-3-8-15-11(10-12)2-1-9-17(15)13-4-6-14(7-5-13)18(19)20/h3-8,10H,1-2,9,16H2. The molecule has 2 aromatic carbocycles.